The van der Waals surface area contributed by atoms with E-state index in [9.17, 15) is 0 Å². The number of ether oxygens (including phenoxy) is 2. The van der Waals surface area contributed by atoms with Crippen molar-refractivity contribution in [1.82, 2.24) is 5.43 Å². The Balaban J connectivity index is 1.75. The molecule has 2 unspecified atom stereocenters. The average Bonchev–Trinajstić information content (AvgIpc) is 2.73. The molecule has 3 aliphatic rings. The van der Waals surface area contributed by atoms with Gasteiger partial charge in [0.05, 0.1) is 17.2 Å². The lowest BCUT2D eigenvalue weighted by atomic mass is 9.67. The van der Waals surface area contributed by atoms with E-state index in [0.717, 1.165) is 32.3 Å². The van der Waals surface area contributed by atoms with Crippen molar-refractivity contribution in [3.63, 3.8) is 0 Å². The fraction of sp³-hybridized carbons (Fsp3) is 1.00. The second kappa shape index (κ2) is 6.53. The molecule has 0 bridgehead atoms. The molecule has 2 aliphatic carbocycles. The third-order valence-electron chi connectivity index (χ3n) is 6.37. The van der Waals surface area contributed by atoms with E-state index >= 15 is 0 Å². The Morgan fingerprint density at radius 2 is 1.81 bits per heavy atom. The summed E-state index contributed by atoms with van der Waals surface area (Å²) < 4.78 is 12.2. The van der Waals surface area contributed by atoms with Crippen LogP contribution in [0.1, 0.15) is 70.6 Å². The van der Waals surface area contributed by atoms with E-state index in [1.807, 2.05) is 7.11 Å². The van der Waals surface area contributed by atoms with Crippen molar-refractivity contribution in [3.05, 3.63) is 0 Å². The van der Waals surface area contributed by atoms with E-state index in [-0.39, 0.29) is 17.2 Å². The maximum atomic E-state index is 6.10. The standard InChI is InChI=1S/C17H32N2O2/c1-20-17(10-4-2-3-5-11-17)15(19-18)14-7-12-21-16(13-14)8-6-9-16/h14-15,19H,2-13,18H2,1H3. The first kappa shape index (κ1) is 15.7. The summed E-state index contributed by atoms with van der Waals surface area (Å²) in [6.07, 6.45) is 13.5. The number of nitrogens with one attached hydrogen (secondary N) is 1. The molecule has 0 amide bonds. The summed E-state index contributed by atoms with van der Waals surface area (Å²) in [5, 5.41) is 0. The number of nitrogens with two attached hydrogens (primary N) is 1. The van der Waals surface area contributed by atoms with Crippen molar-refractivity contribution in [3.8, 4) is 0 Å². The zero-order valence-electron chi connectivity index (χ0n) is 13.5. The van der Waals surface area contributed by atoms with Gasteiger partial charge in [-0.15, -0.1) is 0 Å². The smallest absolute Gasteiger partial charge is 0.0847 e. The van der Waals surface area contributed by atoms with Crippen LogP contribution in [0.25, 0.3) is 0 Å². The first-order valence-corrected chi connectivity index (χ1v) is 8.89. The number of hydrazine groups is 1. The second-order valence-electron chi connectivity index (χ2n) is 7.47. The van der Waals surface area contributed by atoms with Gasteiger partial charge in [0.15, 0.2) is 0 Å². The molecule has 4 heteroatoms. The Morgan fingerprint density at radius 1 is 1.10 bits per heavy atom. The van der Waals surface area contributed by atoms with Crippen molar-refractivity contribution < 1.29 is 9.47 Å². The lowest BCUT2D eigenvalue weighted by Gasteiger charge is -2.51. The molecule has 122 valence electrons. The van der Waals surface area contributed by atoms with Gasteiger partial charge in [-0.1, -0.05) is 25.7 Å². The number of hydrogen-bond acceptors (Lipinski definition) is 4. The van der Waals surface area contributed by atoms with Gasteiger partial charge >= 0.3 is 0 Å². The Kier molecular flexibility index (Phi) is 4.89. The summed E-state index contributed by atoms with van der Waals surface area (Å²) in [7, 11) is 1.88. The maximum absolute atomic E-state index is 6.10. The lowest BCUT2D eigenvalue weighted by Crippen LogP contribution is -2.61. The van der Waals surface area contributed by atoms with Crippen LogP contribution in [0.5, 0.6) is 0 Å². The summed E-state index contributed by atoms with van der Waals surface area (Å²) >= 11 is 0. The highest BCUT2D eigenvalue weighted by Gasteiger charge is 2.49. The van der Waals surface area contributed by atoms with Crippen LogP contribution in [0.15, 0.2) is 0 Å². The van der Waals surface area contributed by atoms with E-state index in [0.29, 0.717) is 5.92 Å². The van der Waals surface area contributed by atoms with Crippen molar-refractivity contribution in [2.75, 3.05) is 13.7 Å². The number of rotatable bonds is 4. The molecule has 1 aliphatic heterocycles. The molecule has 4 nitrogen and oxygen atoms in total. The zero-order chi connectivity index (χ0) is 14.8. The quantitative estimate of drug-likeness (QED) is 0.476. The Hall–Kier alpha value is -0.160. The van der Waals surface area contributed by atoms with Crippen molar-refractivity contribution in [2.45, 2.75) is 87.9 Å². The van der Waals surface area contributed by atoms with Crippen LogP contribution in [0.2, 0.25) is 0 Å². The van der Waals surface area contributed by atoms with E-state index < -0.39 is 0 Å². The molecule has 0 aromatic heterocycles. The molecule has 0 aromatic carbocycles. The first-order chi connectivity index (χ1) is 10.2. The molecule has 3 rings (SSSR count). The van der Waals surface area contributed by atoms with E-state index in [4.69, 9.17) is 15.3 Å². The van der Waals surface area contributed by atoms with E-state index in [1.54, 1.807) is 0 Å². The van der Waals surface area contributed by atoms with Crippen LogP contribution < -0.4 is 11.3 Å². The summed E-state index contributed by atoms with van der Waals surface area (Å²) in [6.45, 7) is 0.892. The van der Waals surface area contributed by atoms with Gasteiger partial charge in [-0.25, -0.2) is 0 Å². The summed E-state index contributed by atoms with van der Waals surface area (Å²) in [5.74, 6) is 6.61. The minimum Gasteiger partial charge on any atom is -0.377 e. The zero-order valence-corrected chi connectivity index (χ0v) is 13.5. The molecule has 2 saturated carbocycles. The molecular weight excluding hydrogens is 264 g/mol. The molecule has 3 N–H and O–H groups in total. The monoisotopic (exact) mass is 296 g/mol. The largest absolute Gasteiger partial charge is 0.377 e. The van der Waals surface area contributed by atoms with Crippen molar-refractivity contribution in [1.29, 1.82) is 0 Å². The van der Waals surface area contributed by atoms with Gasteiger partial charge in [-0.3, -0.25) is 11.3 Å². The van der Waals surface area contributed by atoms with Gasteiger partial charge in [0.25, 0.3) is 0 Å². The van der Waals surface area contributed by atoms with Gasteiger partial charge < -0.3 is 9.47 Å². The molecule has 1 saturated heterocycles. The molecular formula is C17H32N2O2. The third-order valence-corrected chi connectivity index (χ3v) is 6.37. The van der Waals surface area contributed by atoms with E-state index in [2.05, 4.69) is 5.43 Å². The fourth-order valence-corrected chi connectivity index (χ4v) is 4.96. The lowest BCUT2D eigenvalue weighted by molar-refractivity contribution is -0.162. The van der Waals surface area contributed by atoms with Gasteiger partial charge in [-0.05, 0) is 50.9 Å². The molecule has 2 atom stereocenters. The molecule has 21 heavy (non-hydrogen) atoms. The van der Waals surface area contributed by atoms with Crippen LogP contribution >= 0.6 is 0 Å². The fourth-order valence-electron chi connectivity index (χ4n) is 4.96. The maximum Gasteiger partial charge on any atom is 0.0847 e. The van der Waals surface area contributed by atoms with Gasteiger partial charge in [0.1, 0.15) is 0 Å². The molecule has 0 radical (unpaired) electrons. The van der Waals surface area contributed by atoms with Crippen molar-refractivity contribution in [2.24, 2.45) is 11.8 Å². The first-order valence-electron chi connectivity index (χ1n) is 8.89. The molecule has 1 spiro atoms. The van der Waals surface area contributed by atoms with Gasteiger partial charge in [-0.2, -0.15) is 0 Å². The van der Waals surface area contributed by atoms with Crippen LogP contribution in [0, 0.1) is 5.92 Å². The summed E-state index contributed by atoms with van der Waals surface area (Å²) in [4.78, 5) is 0. The Labute approximate surface area is 129 Å². The van der Waals surface area contributed by atoms with Crippen molar-refractivity contribution >= 4 is 0 Å². The van der Waals surface area contributed by atoms with Gasteiger partial charge in [0.2, 0.25) is 0 Å². The van der Waals surface area contributed by atoms with Crippen LogP contribution in [-0.4, -0.2) is 31.0 Å². The predicted octanol–water partition coefficient (Wildman–Crippen LogP) is 2.91. The Morgan fingerprint density at radius 3 is 2.33 bits per heavy atom. The topological polar surface area (TPSA) is 56.5 Å². The predicted molar refractivity (Wildman–Crippen MR) is 83.8 cm³/mol. The SMILES string of the molecule is COC1(C(NN)C2CCOC3(CCC3)C2)CCCCCC1. The molecule has 3 fully saturated rings. The van der Waals surface area contributed by atoms with Gasteiger partial charge in [0, 0.05) is 13.7 Å². The highest BCUT2D eigenvalue weighted by Crippen LogP contribution is 2.47. The van der Waals surface area contributed by atoms with Crippen LogP contribution in [-0.2, 0) is 9.47 Å². The minimum absolute atomic E-state index is 0.0712. The van der Waals surface area contributed by atoms with Crippen LogP contribution in [0.4, 0.5) is 0 Å². The third kappa shape index (κ3) is 3.00. The minimum atomic E-state index is -0.0712. The average molecular weight is 296 g/mol. The second-order valence-corrected chi connectivity index (χ2v) is 7.47. The number of methoxy groups -OCH3 is 1. The van der Waals surface area contributed by atoms with E-state index in [1.165, 1.54) is 44.9 Å². The molecule has 1 heterocycles. The summed E-state index contributed by atoms with van der Waals surface area (Å²) in [6, 6.07) is 0.266. The number of hydrogen-bond donors (Lipinski definition) is 2. The highest BCUT2D eigenvalue weighted by atomic mass is 16.5. The highest BCUT2D eigenvalue weighted by molar-refractivity contribution is 5.02. The van der Waals surface area contributed by atoms with Crippen LogP contribution in [0.3, 0.4) is 0 Å². The Bertz CT molecular complexity index is 336. The molecule has 0 aromatic rings. The normalized spacial score (nSPS) is 33.1. The summed E-state index contributed by atoms with van der Waals surface area (Å²) in [5.41, 5.74) is 3.27.